The van der Waals surface area contributed by atoms with Crippen LogP contribution in [-0.2, 0) is 19.6 Å². The molecule has 0 aliphatic carbocycles. The smallest absolute Gasteiger partial charge is 0.244 e. The lowest BCUT2D eigenvalue weighted by Crippen LogP contribution is -2.45. The van der Waals surface area contributed by atoms with Gasteiger partial charge >= 0.3 is 0 Å². The van der Waals surface area contributed by atoms with Crippen molar-refractivity contribution in [3.63, 3.8) is 0 Å². The molecule has 1 heterocycles. The number of rotatable bonds is 7. The third kappa shape index (κ3) is 5.40. The van der Waals surface area contributed by atoms with Gasteiger partial charge in [-0.05, 0) is 30.2 Å². The van der Waals surface area contributed by atoms with Gasteiger partial charge < -0.3 is 10.2 Å². The van der Waals surface area contributed by atoms with Gasteiger partial charge in [0.2, 0.25) is 21.8 Å². The molecule has 0 aromatic heterocycles. The first-order chi connectivity index (χ1) is 12.8. The van der Waals surface area contributed by atoms with E-state index in [4.69, 9.17) is 0 Å². The van der Waals surface area contributed by atoms with E-state index in [1.165, 1.54) is 10.4 Å². The summed E-state index contributed by atoms with van der Waals surface area (Å²) in [4.78, 5) is 25.6. The van der Waals surface area contributed by atoms with Crippen molar-refractivity contribution in [2.24, 2.45) is 0 Å². The van der Waals surface area contributed by atoms with Crippen molar-refractivity contribution in [1.29, 1.82) is 0 Å². The molecule has 2 amide bonds. The van der Waals surface area contributed by atoms with E-state index in [9.17, 15) is 18.0 Å². The van der Waals surface area contributed by atoms with Crippen LogP contribution in [0.15, 0.2) is 35.2 Å². The normalized spacial score (nSPS) is 18.3. The van der Waals surface area contributed by atoms with Crippen molar-refractivity contribution >= 4 is 27.9 Å². The number of amides is 2. The average Bonchev–Trinajstić information content (AvgIpc) is 2.64. The van der Waals surface area contributed by atoms with E-state index in [0.717, 1.165) is 12.0 Å². The molecule has 1 atom stereocenters. The minimum absolute atomic E-state index is 0.0283. The van der Waals surface area contributed by atoms with Crippen LogP contribution in [0.4, 0.5) is 0 Å². The van der Waals surface area contributed by atoms with Crippen LogP contribution in [0, 0.1) is 0 Å². The molecular weight excluding hydrogens is 366 g/mol. The van der Waals surface area contributed by atoms with Gasteiger partial charge in [0.1, 0.15) is 0 Å². The highest BCUT2D eigenvalue weighted by Gasteiger charge is 2.24. The second-order valence-corrected chi connectivity index (χ2v) is 8.44. The summed E-state index contributed by atoms with van der Waals surface area (Å²) < 4.78 is 26.3. The molecule has 1 aromatic rings. The fraction of sp³-hybridized carbons (Fsp3) is 0.474. The minimum atomic E-state index is -3.48. The zero-order valence-corrected chi connectivity index (χ0v) is 16.8. The van der Waals surface area contributed by atoms with Gasteiger partial charge in [-0.3, -0.25) is 9.59 Å². The Bertz CT molecular complexity index is 799. The standard InChI is InChI=1S/C19H27N3O4S/c1-4-22(5-2)27(25,26)17-9-6-15(7-10-17)8-11-18(23)20-16-12-13-21(3)19(24)14-16/h6-11,16H,4-5,12-14H2,1-3H3,(H,20,23)/b11-8+. The van der Waals surface area contributed by atoms with E-state index in [1.807, 2.05) is 0 Å². The van der Waals surface area contributed by atoms with E-state index in [-0.39, 0.29) is 22.8 Å². The summed E-state index contributed by atoms with van der Waals surface area (Å²) in [6.45, 7) is 5.07. The Morgan fingerprint density at radius 2 is 1.89 bits per heavy atom. The highest BCUT2D eigenvalue weighted by atomic mass is 32.2. The molecule has 7 nitrogen and oxygen atoms in total. The van der Waals surface area contributed by atoms with Crippen molar-refractivity contribution in [2.45, 2.75) is 37.6 Å². The zero-order valence-electron chi connectivity index (χ0n) is 16.0. The first-order valence-electron chi connectivity index (χ1n) is 9.10. The Hall–Kier alpha value is -2.19. The summed E-state index contributed by atoms with van der Waals surface area (Å²) in [5, 5.41) is 2.83. The Kier molecular flexibility index (Phi) is 7.15. The minimum Gasteiger partial charge on any atom is -0.349 e. The molecule has 1 fully saturated rings. The third-order valence-corrected chi connectivity index (χ3v) is 6.72. The lowest BCUT2D eigenvalue weighted by Gasteiger charge is -2.28. The van der Waals surface area contributed by atoms with Crippen LogP contribution < -0.4 is 5.32 Å². The number of nitrogens with zero attached hydrogens (tertiary/aromatic N) is 2. The average molecular weight is 394 g/mol. The van der Waals surface area contributed by atoms with Gasteiger partial charge in [0, 0.05) is 45.2 Å². The van der Waals surface area contributed by atoms with E-state index < -0.39 is 10.0 Å². The number of piperidine rings is 1. The molecule has 2 rings (SSSR count). The second-order valence-electron chi connectivity index (χ2n) is 6.51. The van der Waals surface area contributed by atoms with Gasteiger partial charge in [-0.2, -0.15) is 4.31 Å². The molecule has 1 aliphatic heterocycles. The largest absolute Gasteiger partial charge is 0.349 e. The Labute approximate surface area is 161 Å². The number of benzene rings is 1. The number of sulfonamides is 1. The predicted molar refractivity (Wildman–Crippen MR) is 104 cm³/mol. The number of carbonyl (C=O) groups is 2. The highest BCUT2D eigenvalue weighted by Crippen LogP contribution is 2.17. The predicted octanol–water partition coefficient (Wildman–Crippen LogP) is 1.47. The number of hydrogen-bond acceptors (Lipinski definition) is 4. The molecule has 1 aromatic carbocycles. The number of likely N-dealkylation sites (tertiary alicyclic amines) is 1. The molecule has 0 spiro atoms. The maximum absolute atomic E-state index is 12.5. The molecule has 1 saturated heterocycles. The lowest BCUT2D eigenvalue weighted by atomic mass is 10.0. The maximum Gasteiger partial charge on any atom is 0.244 e. The van der Waals surface area contributed by atoms with E-state index in [1.54, 1.807) is 56.1 Å². The summed E-state index contributed by atoms with van der Waals surface area (Å²) in [5.41, 5.74) is 0.725. The highest BCUT2D eigenvalue weighted by molar-refractivity contribution is 7.89. The van der Waals surface area contributed by atoms with Gasteiger partial charge in [-0.15, -0.1) is 0 Å². The zero-order chi connectivity index (χ0) is 20.0. The first kappa shape index (κ1) is 21.1. The molecule has 0 bridgehead atoms. The van der Waals surface area contributed by atoms with E-state index in [0.29, 0.717) is 26.1 Å². The fourth-order valence-corrected chi connectivity index (χ4v) is 4.41. The van der Waals surface area contributed by atoms with Gasteiger partial charge in [0.25, 0.3) is 0 Å². The molecular formula is C19H27N3O4S. The van der Waals surface area contributed by atoms with E-state index >= 15 is 0 Å². The van der Waals surface area contributed by atoms with E-state index in [2.05, 4.69) is 5.32 Å². The Morgan fingerprint density at radius 3 is 2.44 bits per heavy atom. The SMILES string of the molecule is CCN(CC)S(=O)(=O)c1ccc(/C=C/C(=O)NC2CCN(C)C(=O)C2)cc1. The summed E-state index contributed by atoms with van der Waals surface area (Å²) in [6.07, 6.45) is 4.07. The van der Waals surface area contributed by atoms with Crippen molar-refractivity contribution in [1.82, 2.24) is 14.5 Å². The Balaban J connectivity index is 1.97. The molecule has 0 saturated carbocycles. The number of carbonyl (C=O) groups excluding carboxylic acids is 2. The summed E-state index contributed by atoms with van der Waals surface area (Å²) >= 11 is 0. The monoisotopic (exact) mass is 393 g/mol. The van der Waals surface area contributed by atoms with Gasteiger partial charge in [-0.25, -0.2) is 8.42 Å². The van der Waals surface area contributed by atoms with Crippen molar-refractivity contribution in [2.75, 3.05) is 26.7 Å². The van der Waals surface area contributed by atoms with Crippen LogP contribution in [0.3, 0.4) is 0 Å². The summed E-state index contributed by atoms with van der Waals surface area (Å²) in [7, 11) is -1.73. The molecule has 1 aliphatic rings. The maximum atomic E-state index is 12.5. The molecule has 0 radical (unpaired) electrons. The molecule has 1 unspecified atom stereocenters. The third-order valence-electron chi connectivity index (χ3n) is 4.66. The van der Waals surface area contributed by atoms with Gasteiger partial charge in [0.15, 0.2) is 0 Å². The Morgan fingerprint density at radius 1 is 1.26 bits per heavy atom. The first-order valence-corrected chi connectivity index (χ1v) is 10.5. The van der Waals surface area contributed by atoms with Crippen LogP contribution in [0.1, 0.15) is 32.3 Å². The summed E-state index contributed by atoms with van der Waals surface area (Å²) in [6, 6.07) is 6.27. The van der Waals surface area contributed by atoms with Crippen LogP contribution in [0.25, 0.3) is 6.08 Å². The van der Waals surface area contributed by atoms with Crippen LogP contribution >= 0.6 is 0 Å². The van der Waals surface area contributed by atoms with Gasteiger partial charge in [-0.1, -0.05) is 26.0 Å². The quantitative estimate of drug-likeness (QED) is 0.711. The molecule has 8 heteroatoms. The van der Waals surface area contributed by atoms with Crippen LogP contribution in [-0.4, -0.2) is 62.2 Å². The van der Waals surface area contributed by atoms with Crippen molar-refractivity contribution in [3.05, 3.63) is 35.9 Å². The van der Waals surface area contributed by atoms with Crippen LogP contribution in [0.2, 0.25) is 0 Å². The number of nitrogens with one attached hydrogen (secondary N) is 1. The summed E-state index contributed by atoms with van der Waals surface area (Å²) in [5.74, 6) is -0.238. The number of hydrogen-bond donors (Lipinski definition) is 1. The second kappa shape index (κ2) is 9.14. The molecule has 27 heavy (non-hydrogen) atoms. The molecule has 1 N–H and O–H groups in total. The fourth-order valence-electron chi connectivity index (χ4n) is 2.95. The lowest BCUT2D eigenvalue weighted by molar-refractivity contribution is -0.133. The van der Waals surface area contributed by atoms with Gasteiger partial charge in [0.05, 0.1) is 4.90 Å². The van der Waals surface area contributed by atoms with Crippen molar-refractivity contribution in [3.8, 4) is 0 Å². The van der Waals surface area contributed by atoms with Crippen molar-refractivity contribution < 1.29 is 18.0 Å². The van der Waals surface area contributed by atoms with Crippen LogP contribution in [0.5, 0.6) is 0 Å². The topological polar surface area (TPSA) is 86.8 Å². The molecule has 148 valence electrons.